The third-order valence-corrected chi connectivity index (χ3v) is 3.79. The van der Waals surface area contributed by atoms with Gasteiger partial charge in [-0.15, -0.1) is 0 Å². The molecular formula is C17H19ClFNO. The van der Waals surface area contributed by atoms with Gasteiger partial charge in [0, 0.05) is 22.2 Å². The van der Waals surface area contributed by atoms with Crippen molar-refractivity contribution in [3.05, 3.63) is 64.4 Å². The van der Waals surface area contributed by atoms with Gasteiger partial charge >= 0.3 is 0 Å². The molecule has 0 heterocycles. The van der Waals surface area contributed by atoms with Crippen molar-refractivity contribution >= 4 is 11.6 Å². The van der Waals surface area contributed by atoms with E-state index in [1.807, 2.05) is 31.2 Å². The highest BCUT2D eigenvalue weighted by molar-refractivity contribution is 6.31. The Morgan fingerprint density at radius 3 is 2.62 bits per heavy atom. The number of rotatable bonds is 6. The van der Waals surface area contributed by atoms with Gasteiger partial charge in [0.05, 0.1) is 7.11 Å². The van der Waals surface area contributed by atoms with Crippen LogP contribution in [-0.2, 0) is 6.42 Å². The predicted octanol–water partition coefficient (Wildman–Crippen LogP) is 4.38. The molecule has 0 aliphatic heterocycles. The molecule has 0 saturated carbocycles. The topological polar surface area (TPSA) is 21.3 Å². The fourth-order valence-electron chi connectivity index (χ4n) is 2.42. The van der Waals surface area contributed by atoms with Gasteiger partial charge in [-0.2, -0.15) is 0 Å². The van der Waals surface area contributed by atoms with Gasteiger partial charge in [0.15, 0.2) is 0 Å². The van der Waals surface area contributed by atoms with Crippen LogP contribution in [-0.4, -0.2) is 13.7 Å². The summed E-state index contributed by atoms with van der Waals surface area (Å²) in [5.41, 5.74) is 1.53. The van der Waals surface area contributed by atoms with E-state index < -0.39 is 0 Å². The van der Waals surface area contributed by atoms with Crippen molar-refractivity contribution in [1.82, 2.24) is 5.32 Å². The van der Waals surface area contributed by atoms with Crippen LogP contribution in [0.15, 0.2) is 42.5 Å². The summed E-state index contributed by atoms with van der Waals surface area (Å²) in [6.45, 7) is 2.79. The second kappa shape index (κ2) is 7.43. The molecule has 1 atom stereocenters. The smallest absolute Gasteiger partial charge is 0.127 e. The highest BCUT2D eigenvalue weighted by Gasteiger charge is 2.18. The number of hydrogen-bond donors (Lipinski definition) is 1. The third kappa shape index (κ3) is 3.74. The lowest BCUT2D eigenvalue weighted by atomic mass is 9.97. The van der Waals surface area contributed by atoms with E-state index in [9.17, 15) is 4.39 Å². The Morgan fingerprint density at radius 2 is 1.95 bits per heavy atom. The van der Waals surface area contributed by atoms with Gasteiger partial charge < -0.3 is 10.1 Å². The van der Waals surface area contributed by atoms with Gasteiger partial charge in [0.25, 0.3) is 0 Å². The second-order valence-electron chi connectivity index (χ2n) is 4.76. The zero-order valence-electron chi connectivity index (χ0n) is 12.2. The fourth-order valence-corrected chi connectivity index (χ4v) is 2.66. The fraction of sp³-hybridized carbons (Fsp3) is 0.294. The number of benzene rings is 2. The highest BCUT2D eigenvalue weighted by atomic mass is 35.5. The van der Waals surface area contributed by atoms with E-state index in [0.717, 1.165) is 17.9 Å². The van der Waals surface area contributed by atoms with E-state index in [-0.39, 0.29) is 11.9 Å². The van der Waals surface area contributed by atoms with Crippen LogP contribution in [0.3, 0.4) is 0 Å². The van der Waals surface area contributed by atoms with Crippen LogP contribution in [0.4, 0.5) is 4.39 Å². The molecule has 0 aliphatic carbocycles. The van der Waals surface area contributed by atoms with Crippen molar-refractivity contribution in [1.29, 1.82) is 0 Å². The Balaban J connectivity index is 2.35. The Labute approximate surface area is 129 Å². The maximum atomic E-state index is 14.0. The summed E-state index contributed by atoms with van der Waals surface area (Å²) in [6, 6.07) is 12.5. The molecule has 0 saturated heterocycles. The Hall–Kier alpha value is -1.58. The molecule has 2 rings (SSSR count). The largest absolute Gasteiger partial charge is 0.496 e. The zero-order valence-corrected chi connectivity index (χ0v) is 13.0. The van der Waals surface area contributed by atoms with Crippen molar-refractivity contribution < 1.29 is 9.13 Å². The summed E-state index contributed by atoms with van der Waals surface area (Å²) in [4.78, 5) is 0. The van der Waals surface area contributed by atoms with E-state index in [4.69, 9.17) is 16.3 Å². The van der Waals surface area contributed by atoms with Gasteiger partial charge in [-0.1, -0.05) is 42.8 Å². The number of hydrogen-bond acceptors (Lipinski definition) is 2. The zero-order chi connectivity index (χ0) is 15.2. The first-order valence-corrected chi connectivity index (χ1v) is 7.34. The average molecular weight is 308 g/mol. The van der Waals surface area contributed by atoms with E-state index in [2.05, 4.69) is 5.32 Å². The first-order valence-electron chi connectivity index (χ1n) is 6.96. The molecule has 112 valence electrons. The second-order valence-corrected chi connectivity index (χ2v) is 5.16. The molecule has 1 N–H and O–H groups in total. The number of methoxy groups -OCH3 is 1. The molecule has 2 nitrogen and oxygen atoms in total. The van der Waals surface area contributed by atoms with Gasteiger partial charge in [-0.05, 0) is 31.2 Å². The molecule has 0 spiro atoms. The van der Waals surface area contributed by atoms with E-state index in [0.29, 0.717) is 17.0 Å². The predicted molar refractivity (Wildman–Crippen MR) is 84.5 cm³/mol. The van der Waals surface area contributed by atoms with E-state index in [1.165, 1.54) is 6.07 Å². The first kappa shape index (κ1) is 15.8. The Morgan fingerprint density at radius 1 is 1.19 bits per heavy atom. The summed E-state index contributed by atoms with van der Waals surface area (Å²) in [6.07, 6.45) is 0.472. The molecule has 0 bridgehead atoms. The summed E-state index contributed by atoms with van der Waals surface area (Å²) in [7, 11) is 1.64. The van der Waals surface area contributed by atoms with Crippen molar-refractivity contribution in [3.63, 3.8) is 0 Å². The number of halogens is 2. The minimum Gasteiger partial charge on any atom is -0.496 e. The Kier molecular flexibility index (Phi) is 5.59. The average Bonchev–Trinajstić information content (AvgIpc) is 2.50. The van der Waals surface area contributed by atoms with E-state index in [1.54, 1.807) is 19.2 Å². The van der Waals surface area contributed by atoms with Crippen LogP contribution >= 0.6 is 11.6 Å². The maximum Gasteiger partial charge on any atom is 0.127 e. The number of para-hydroxylation sites is 1. The Bertz CT molecular complexity index is 583. The minimum absolute atomic E-state index is 0.0550. The minimum atomic E-state index is -0.277. The van der Waals surface area contributed by atoms with Crippen molar-refractivity contribution in [2.24, 2.45) is 0 Å². The lowest BCUT2D eigenvalue weighted by molar-refractivity contribution is 0.398. The molecule has 1 unspecified atom stereocenters. The van der Waals surface area contributed by atoms with Gasteiger partial charge in [0.1, 0.15) is 11.6 Å². The standard InChI is InChI=1S/C17H19ClFNO/c1-3-20-16(12-7-4-5-10-17(12)21-2)11-13-14(18)8-6-9-15(13)19/h4-10,16,20H,3,11H2,1-2H3. The number of nitrogens with one attached hydrogen (secondary N) is 1. The number of ether oxygens (including phenoxy) is 1. The maximum absolute atomic E-state index is 14.0. The monoisotopic (exact) mass is 307 g/mol. The van der Waals surface area contributed by atoms with Crippen molar-refractivity contribution in [2.45, 2.75) is 19.4 Å². The van der Waals surface area contributed by atoms with E-state index >= 15 is 0 Å². The molecule has 0 radical (unpaired) electrons. The molecular weight excluding hydrogens is 289 g/mol. The van der Waals surface area contributed by atoms with Crippen LogP contribution in [0, 0.1) is 5.82 Å². The van der Waals surface area contributed by atoms with Crippen molar-refractivity contribution in [3.8, 4) is 5.75 Å². The quantitative estimate of drug-likeness (QED) is 0.855. The lowest BCUT2D eigenvalue weighted by Gasteiger charge is -2.21. The van der Waals surface area contributed by atoms with Gasteiger partial charge in [0.2, 0.25) is 0 Å². The SMILES string of the molecule is CCNC(Cc1c(F)cccc1Cl)c1ccccc1OC. The molecule has 4 heteroatoms. The van der Waals surface area contributed by atoms with Crippen LogP contribution in [0.1, 0.15) is 24.1 Å². The van der Waals surface area contributed by atoms with Gasteiger partial charge in [-0.25, -0.2) is 4.39 Å². The summed E-state index contributed by atoms with van der Waals surface area (Å²) in [5, 5.41) is 3.82. The molecule has 2 aromatic rings. The number of likely N-dealkylation sites (N-methyl/N-ethyl adjacent to an activating group) is 1. The highest BCUT2D eigenvalue weighted by Crippen LogP contribution is 2.30. The normalized spacial score (nSPS) is 12.2. The lowest BCUT2D eigenvalue weighted by Crippen LogP contribution is -2.24. The molecule has 21 heavy (non-hydrogen) atoms. The molecule has 0 aromatic heterocycles. The van der Waals surface area contributed by atoms with Crippen LogP contribution in [0.5, 0.6) is 5.75 Å². The van der Waals surface area contributed by atoms with Crippen LogP contribution in [0.25, 0.3) is 0 Å². The van der Waals surface area contributed by atoms with Gasteiger partial charge in [-0.3, -0.25) is 0 Å². The van der Waals surface area contributed by atoms with Crippen molar-refractivity contribution in [2.75, 3.05) is 13.7 Å². The molecule has 0 fully saturated rings. The summed E-state index contributed by atoms with van der Waals surface area (Å²) < 4.78 is 19.4. The van der Waals surface area contributed by atoms with Crippen LogP contribution < -0.4 is 10.1 Å². The van der Waals surface area contributed by atoms with Crippen LogP contribution in [0.2, 0.25) is 5.02 Å². The molecule has 0 amide bonds. The molecule has 2 aromatic carbocycles. The summed E-state index contributed by atoms with van der Waals surface area (Å²) in [5.74, 6) is 0.510. The summed E-state index contributed by atoms with van der Waals surface area (Å²) >= 11 is 6.14. The third-order valence-electron chi connectivity index (χ3n) is 3.43. The first-order chi connectivity index (χ1) is 10.2. The molecule has 0 aliphatic rings.